The zero-order valence-corrected chi connectivity index (χ0v) is 20.7. The van der Waals surface area contributed by atoms with E-state index in [-0.39, 0.29) is 5.92 Å². The van der Waals surface area contributed by atoms with Crippen LogP contribution in [0.2, 0.25) is 0 Å². The van der Waals surface area contributed by atoms with Gasteiger partial charge in [-0.3, -0.25) is 0 Å². The average molecular weight is 483 g/mol. The van der Waals surface area contributed by atoms with Gasteiger partial charge in [0.1, 0.15) is 0 Å². The summed E-state index contributed by atoms with van der Waals surface area (Å²) in [5, 5.41) is 0. The van der Waals surface area contributed by atoms with E-state index in [4.69, 9.17) is 0 Å². The molecule has 5 heteroatoms. The van der Waals surface area contributed by atoms with Crippen LogP contribution in [0.5, 0.6) is 5.75 Å². The predicted octanol–water partition coefficient (Wildman–Crippen LogP) is 9.95. The number of unbranched alkanes of at least 4 members (excludes halogenated alkanes) is 2. The van der Waals surface area contributed by atoms with Crippen molar-refractivity contribution in [2.75, 3.05) is 0 Å². The van der Waals surface area contributed by atoms with Gasteiger partial charge >= 0.3 is 6.61 Å². The highest BCUT2D eigenvalue weighted by Gasteiger charge is 2.27. The lowest BCUT2D eigenvalue weighted by atomic mass is 9.74. The highest BCUT2D eigenvalue weighted by atomic mass is 19.3. The van der Waals surface area contributed by atoms with Gasteiger partial charge in [-0.25, -0.2) is 8.78 Å². The first-order valence-corrected chi connectivity index (χ1v) is 13.5. The van der Waals surface area contributed by atoms with Gasteiger partial charge in [-0.2, -0.15) is 8.78 Å². The second-order valence-electron chi connectivity index (χ2n) is 10.5. The van der Waals surface area contributed by atoms with Crippen molar-refractivity contribution in [1.82, 2.24) is 0 Å². The molecule has 192 valence electrons. The van der Waals surface area contributed by atoms with Crippen LogP contribution in [-0.2, 0) is 0 Å². The quantitative estimate of drug-likeness (QED) is 0.164. The standard InChI is InChI=1S/C29H42F4O/c1-2-3-4-5-6-7-8-21-9-11-22(12-10-21)13-14-23-15-17-24(18-16-23)25-19-26(30)28(27(31)20-25)34-29(32)33/h3-4,19-24,29H,2,5-18H2,1H3. The van der Waals surface area contributed by atoms with E-state index in [2.05, 4.69) is 23.8 Å². The highest BCUT2D eigenvalue weighted by Crippen LogP contribution is 2.41. The number of halogens is 4. The molecule has 2 aliphatic rings. The third-order valence-electron chi connectivity index (χ3n) is 8.13. The lowest BCUT2D eigenvalue weighted by Gasteiger charge is -2.32. The Hall–Kier alpha value is -1.52. The summed E-state index contributed by atoms with van der Waals surface area (Å²) >= 11 is 0. The van der Waals surface area contributed by atoms with E-state index in [9.17, 15) is 17.6 Å². The van der Waals surface area contributed by atoms with Gasteiger partial charge in [0, 0.05) is 0 Å². The van der Waals surface area contributed by atoms with Crippen LogP contribution < -0.4 is 4.74 Å². The van der Waals surface area contributed by atoms with Crippen molar-refractivity contribution in [3.63, 3.8) is 0 Å². The van der Waals surface area contributed by atoms with Crippen molar-refractivity contribution in [3.8, 4) is 5.75 Å². The van der Waals surface area contributed by atoms with E-state index < -0.39 is 24.0 Å². The maximum atomic E-state index is 14.1. The predicted molar refractivity (Wildman–Crippen MR) is 130 cm³/mol. The fourth-order valence-electron chi connectivity index (χ4n) is 6.06. The van der Waals surface area contributed by atoms with E-state index >= 15 is 0 Å². The molecule has 2 aliphatic carbocycles. The number of allylic oxidation sites excluding steroid dienone is 2. The molecule has 0 unspecified atom stereocenters. The lowest BCUT2D eigenvalue weighted by Crippen LogP contribution is -2.18. The van der Waals surface area contributed by atoms with Crippen LogP contribution in [0.15, 0.2) is 24.3 Å². The number of alkyl halides is 2. The molecule has 34 heavy (non-hydrogen) atoms. The summed E-state index contributed by atoms with van der Waals surface area (Å²) in [7, 11) is 0. The molecule has 0 aromatic heterocycles. The van der Waals surface area contributed by atoms with Crippen molar-refractivity contribution >= 4 is 0 Å². The summed E-state index contributed by atoms with van der Waals surface area (Å²) in [6.45, 7) is -1.05. The van der Waals surface area contributed by atoms with E-state index in [0.717, 1.165) is 43.9 Å². The fraction of sp³-hybridized carbons (Fsp3) is 0.724. The minimum Gasteiger partial charge on any atom is -0.429 e. The molecule has 1 nitrogen and oxygen atoms in total. The number of hydrogen-bond donors (Lipinski definition) is 0. The van der Waals surface area contributed by atoms with Crippen molar-refractivity contribution in [3.05, 3.63) is 41.5 Å². The number of benzene rings is 1. The third-order valence-corrected chi connectivity index (χ3v) is 8.13. The van der Waals surface area contributed by atoms with Gasteiger partial charge in [-0.1, -0.05) is 70.4 Å². The van der Waals surface area contributed by atoms with Crippen LogP contribution in [0.4, 0.5) is 17.6 Å². The first-order chi connectivity index (χ1) is 16.5. The molecular weight excluding hydrogens is 440 g/mol. The van der Waals surface area contributed by atoms with Gasteiger partial charge in [0.25, 0.3) is 0 Å². The zero-order valence-electron chi connectivity index (χ0n) is 20.7. The highest BCUT2D eigenvalue weighted by molar-refractivity contribution is 5.33. The summed E-state index contributed by atoms with van der Waals surface area (Å²) < 4.78 is 56.8. The second-order valence-corrected chi connectivity index (χ2v) is 10.5. The average Bonchev–Trinajstić information content (AvgIpc) is 2.83. The minimum atomic E-state index is -3.24. The maximum absolute atomic E-state index is 14.1. The maximum Gasteiger partial charge on any atom is 0.387 e. The van der Waals surface area contributed by atoms with Crippen LogP contribution in [0, 0.1) is 29.4 Å². The molecule has 1 aromatic carbocycles. The molecule has 0 amide bonds. The Morgan fingerprint density at radius 2 is 1.32 bits per heavy atom. The number of rotatable bonds is 12. The van der Waals surface area contributed by atoms with Crippen LogP contribution in [0.25, 0.3) is 0 Å². The molecular formula is C29H42F4O. The molecule has 0 saturated heterocycles. The van der Waals surface area contributed by atoms with E-state index in [0.29, 0.717) is 11.5 Å². The van der Waals surface area contributed by atoms with Gasteiger partial charge < -0.3 is 4.74 Å². The van der Waals surface area contributed by atoms with Crippen molar-refractivity contribution in [2.24, 2.45) is 17.8 Å². The van der Waals surface area contributed by atoms with Crippen LogP contribution in [0.3, 0.4) is 0 Å². The normalized spacial score (nSPS) is 25.8. The van der Waals surface area contributed by atoms with Gasteiger partial charge in [-0.15, -0.1) is 0 Å². The molecule has 1 aromatic rings. The molecule has 0 spiro atoms. The van der Waals surface area contributed by atoms with E-state index in [1.807, 2.05) is 0 Å². The first kappa shape index (κ1) is 27.1. The summed E-state index contributed by atoms with van der Waals surface area (Å²) in [5.74, 6) is -0.476. The van der Waals surface area contributed by atoms with Crippen molar-refractivity contribution < 1.29 is 22.3 Å². The Kier molecular flexibility index (Phi) is 11.3. The monoisotopic (exact) mass is 482 g/mol. The van der Waals surface area contributed by atoms with Crippen molar-refractivity contribution in [2.45, 2.75) is 116 Å². The number of ether oxygens (including phenoxy) is 1. The molecule has 0 N–H and O–H groups in total. The second kappa shape index (κ2) is 14.1. The largest absolute Gasteiger partial charge is 0.429 e. The van der Waals surface area contributed by atoms with Crippen LogP contribution in [0.1, 0.15) is 115 Å². The Morgan fingerprint density at radius 1 is 0.794 bits per heavy atom. The topological polar surface area (TPSA) is 9.23 Å². The Balaban J connectivity index is 1.32. The van der Waals surface area contributed by atoms with Crippen molar-refractivity contribution in [1.29, 1.82) is 0 Å². The molecule has 0 radical (unpaired) electrons. The molecule has 2 fully saturated rings. The smallest absolute Gasteiger partial charge is 0.387 e. The molecule has 0 aliphatic heterocycles. The summed E-state index contributed by atoms with van der Waals surface area (Å²) in [5.41, 5.74) is 0.565. The molecule has 0 heterocycles. The third kappa shape index (κ3) is 8.61. The molecule has 3 rings (SSSR count). The summed E-state index contributed by atoms with van der Waals surface area (Å²) in [6.07, 6.45) is 23.1. The Labute approximate surface area is 203 Å². The molecule has 0 atom stereocenters. The zero-order chi connectivity index (χ0) is 24.3. The molecule has 2 saturated carbocycles. The lowest BCUT2D eigenvalue weighted by molar-refractivity contribution is -0.0546. The number of hydrogen-bond acceptors (Lipinski definition) is 1. The Bertz CT molecular complexity index is 723. The van der Waals surface area contributed by atoms with Gasteiger partial charge in [0.2, 0.25) is 0 Å². The first-order valence-electron chi connectivity index (χ1n) is 13.5. The fourth-order valence-corrected chi connectivity index (χ4v) is 6.06. The SMILES string of the molecule is CCC=CCCCCC1CCC(CCC2CCC(c3cc(F)c(OC(F)F)c(F)c3)CC2)CC1. The van der Waals surface area contributed by atoms with Gasteiger partial charge in [0.05, 0.1) is 0 Å². The van der Waals surface area contributed by atoms with Crippen LogP contribution >= 0.6 is 0 Å². The summed E-state index contributed by atoms with van der Waals surface area (Å²) in [4.78, 5) is 0. The Morgan fingerprint density at radius 3 is 1.85 bits per heavy atom. The van der Waals surface area contributed by atoms with E-state index in [1.165, 1.54) is 76.3 Å². The van der Waals surface area contributed by atoms with E-state index in [1.54, 1.807) is 0 Å². The van der Waals surface area contributed by atoms with Gasteiger partial charge in [0.15, 0.2) is 17.4 Å². The van der Waals surface area contributed by atoms with Gasteiger partial charge in [-0.05, 0) is 86.3 Å². The molecule has 0 bridgehead atoms. The minimum absolute atomic E-state index is 0.0914. The summed E-state index contributed by atoms with van der Waals surface area (Å²) in [6, 6.07) is 2.35. The van der Waals surface area contributed by atoms with Crippen LogP contribution in [-0.4, -0.2) is 6.61 Å².